The molecule has 0 bridgehead atoms. The molecule has 0 aromatic heterocycles. The Hall–Kier alpha value is -3.30. The largest absolute Gasteiger partial charge is 0.573 e. The highest BCUT2D eigenvalue weighted by Gasteiger charge is 2.30. The molecule has 27 heavy (non-hydrogen) atoms. The van der Waals surface area contributed by atoms with Crippen molar-refractivity contribution in [1.82, 2.24) is 0 Å². The van der Waals surface area contributed by atoms with Gasteiger partial charge in [-0.2, -0.15) is 0 Å². The Balaban J connectivity index is 1.92. The first-order valence-electron chi connectivity index (χ1n) is 7.59. The lowest BCUT2D eigenvalue weighted by atomic mass is 10.2. The van der Waals surface area contributed by atoms with Crippen molar-refractivity contribution in [3.05, 3.63) is 48.3 Å². The molecule has 6 nitrogen and oxygen atoms in total. The molecule has 0 heterocycles. The zero-order valence-corrected chi connectivity index (χ0v) is 14.0. The van der Waals surface area contributed by atoms with Crippen LogP contribution in [0.25, 0.3) is 0 Å². The Kier molecular flexibility index (Phi) is 6.22. The molecule has 0 aliphatic carbocycles. The van der Waals surface area contributed by atoms with Crippen LogP contribution < -0.4 is 20.7 Å². The molecular weight excluding hydrogens is 370 g/mol. The van der Waals surface area contributed by atoms with Crippen LogP contribution in [0.2, 0.25) is 0 Å². The van der Waals surface area contributed by atoms with Gasteiger partial charge in [0.2, 0.25) is 11.8 Å². The molecule has 0 fully saturated rings. The fraction of sp³-hybridized carbons (Fsp3) is 0.176. The van der Waals surface area contributed by atoms with E-state index < -0.39 is 23.8 Å². The van der Waals surface area contributed by atoms with Gasteiger partial charge in [-0.3, -0.25) is 9.59 Å². The maximum atomic E-state index is 13.8. The molecule has 3 N–H and O–H groups in total. The summed E-state index contributed by atoms with van der Waals surface area (Å²) < 4.78 is 53.7. The van der Waals surface area contributed by atoms with E-state index in [1.165, 1.54) is 31.2 Å². The van der Waals surface area contributed by atoms with Crippen LogP contribution in [0, 0.1) is 5.82 Å². The quantitative estimate of drug-likeness (QED) is 0.662. The number of nitrogens with one attached hydrogen (secondary N) is 3. The minimum Gasteiger partial charge on any atom is -0.406 e. The van der Waals surface area contributed by atoms with Gasteiger partial charge in [-0.25, -0.2) is 4.39 Å². The van der Waals surface area contributed by atoms with Crippen molar-refractivity contribution in [3.8, 4) is 5.75 Å². The molecule has 144 valence electrons. The van der Waals surface area contributed by atoms with E-state index in [0.717, 1.165) is 18.2 Å². The fourth-order valence-electron chi connectivity index (χ4n) is 2.06. The lowest BCUT2D eigenvalue weighted by Crippen LogP contribution is -2.22. The molecule has 2 aromatic rings. The van der Waals surface area contributed by atoms with Crippen LogP contribution in [0.4, 0.5) is 34.6 Å². The third-order valence-electron chi connectivity index (χ3n) is 3.10. The van der Waals surface area contributed by atoms with E-state index in [4.69, 9.17) is 0 Å². The average Bonchev–Trinajstić information content (AvgIpc) is 2.55. The van der Waals surface area contributed by atoms with Crippen molar-refractivity contribution >= 4 is 28.9 Å². The highest BCUT2D eigenvalue weighted by molar-refractivity contribution is 5.94. The second-order valence-corrected chi connectivity index (χ2v) is 5.35. The molecule has 0 aliphatic heterocycles. The molecule has 0 aliphatic rings. The highest BCUT2D eigenvalue weighted by Crippen LogP contribution is 2.24. The Morgan fingerprint density at radius 1 is 1.00 bits per heavy atom. The van der Waals surface area contributed by atoms with E-state index in [1.807, 2.05) is 0 Å². The average molecular weight is 385 g/mol. The van der Waals surface area contributed by atoms with Gasteiger partial charge in [0.1, 0.15) is 11.6 Å². The number of benzene rings is 2. The van der Waals surface area contributed by atoms with Crippen molar-refractivity contribution in [3.63, 3.8) is 0 Å². The smallest absolute Gasteiger partial charge is 0.406 e. The number of anilines is 3. The molecule has 0 saturated heterocycles. The van der Waals surface area contributed by atoms with Crippen LogP contribution in [0.3, 0.4) is 0 Å². The summed E-state index contributed by atoms with van der Waals surface area (Å²) >= 11 is 0. The van der Waals surface area contributed by atoms with Crippen molar-refractivity contribution in [2.75, 3.05) is 22.5 Å². The molecule has 2 amide bonds. The standard InChI is InChI=1S/C17H15F4N3O3/c1-10(25)23-12-4-7-14(18)15(8-12)22-9-16(26)24-11-2-5-13(6-3-11)27-17(19,20)21/h2-8,22H,9H2,1H3,(H,23,25)(H,24,26). The van der Waals surface area contributed by atoms with Crippen molar-refractivity contribution in [2.45, 2.75) is 13.3 Å². The summed E-state index contributed by atoms with van der Waals surface area (Å²) in [6.45, 7) is 0.996. The number of alkyl halides is 3. The summed E-state index contributed by atoms with van der Waals surface area (Å²) in [5, 5.41) is 7.50. The third kappa shape index (κ3) is 6.84. The van der Waals surface area contributed by atoms with E-state index in [2.05, 4.69) is 20.7 Å². The van der Waals surface area contributed by atoms with E-state index in [9.17, 15) is 27.2 Å². The predicted molar refractivity (Wildman–Crippen MR) is 90.9 cm³/mol. The summed E-state index contributed by atoms with van der Waals surface area (Å²) in [4.78, 5) is 22.9. The molecule has 2 aromatic carbocycles. The zero-order valence-electron chi connectivity index (χ0n) is 14.0. The van der Waals surface area contributed by atoms with Crippen LogP contribution >= 0.6 is 0 Å². The molecule has 0 spiro atoms. The highest BCUT2D eigenvalue weighted by atomic mass is 19.4. The Bertz CT molecular complexity index is 823. The molecule has 10 heteroatoms. The van der Waals surface area contributed by atoms with Gasteiger partial charge in [-0.15, -0.1) is 13.2 Å². The number of halogens is 4. The number of rotatable bonds is 6. The number of amides is 2. The molecule has 0 unspecified atom stereocenters. The van der Waals surface area contributed by atoms with Crippen LogP contribution in [0.1, 0.15) is 6.92 Å². The first kappa shape index (κ1) is 20.0. The van der Waals surface area contributed by atoms with Gasteiger partial charge in [0.25, 0.3) is 0 Å². The van der Waals surface area contributed by atoms with Crippen LogP contribution in [0.5, 0.6) is 5.75 Å². The summed E-state index contributed by atoms with van der Waals surface area (Å²) in [5.74, 6) is -1.92. The van der Waals surface area contributed by atoms with E-state index in [1.54, 1.807) is 0 Å². The Morgan fingerprint density at radius 3 is 2.22 bits per heavy atom. The minimum absolute atomic E-state index is 0.00493. The summed E-state index contributed by atoms with van der Waals surface area (Å²) in [6.07, 6.45) is -4.80. The minimum atomic E-state index is -4.80. The van der Waals surface area contributed by atoms with Gasteiger partial charge < -0.3 is 20.7 Å². The van der Waals surface area contributed by atoms with Crippen molar-refractivity contribution in [1.29, 1.82) is 0 Å². The Morgan fingerprint density at radius 2 is 1.63 bits per heavy atom. The van der Waals surface area contributed by atoms with E-state index >= 15 is 0 Å². The normalized spacial score (nSPS) is 10.9. The lowest BCUT2D eigenvalue weighted by molar-refractivity contribution is -0.274. The van der Waals surface area contributed by atoms with Crippen molar-refractivity contribution < 1.29 is 31.9 Å². The summed E-state index contributed by atoms with van der Waals surface area (Å²) in [6, 6.07) is 8.39. The van der Waals surface area contributed by atoms with Gasteiger partial charge in [0.05, 0.1) is 12.2 Å². The number of hydrogen-bond acceptors (Lipinski definition) is 4. The van der Waals surface area contributed by atoms with E-state index in [0.29, 0.717) is 5.69 Å². The zero-order chi connectivity index (χ0) is 20.0. The first-order valence-corrected chi connectivity index (χ1v) is 7.59. The molecule has 0 radical (unpaired) electrons. The SMILES string of the molecule is CC(=O)Nc1ccc(F)c(NCC(=O)Nc2ccc(OC(F)(F)F)cc2)c1. The number of carbonyl (C=O) groups is 2. The first-order chi connectivity index (χ1) is 12.6. The number of hydrogen-bond donors (Lipinski definition) is 3. The van der Waals surface area contributed by atoms with Gasteiger partial charge in [-0.1, -0.05) is 0 Å². The summed E-state index contributed by atoms with van der Waals surface area (Å²) in [5.41, 5.74) is 0.598. The Labute approximate surface area is 151 Å². The topological polar surface area (TPSA) is 79.5 Å². The van der Waals surface area contributed by atoms with Gasteiger partial charge >= 0.3 is 6.36 Å². The monoisotopic (exact) mass is 385 g/mol. The maximum Gasteiger partial charge on any atom is 0.573 e. The van der Waals surface area contributed by atoms with Gasteiger partial charge in [0, 0.05) is 18.3 Å². The van der Waals surface area contributed by atoms with Crippen LogP contribution in [-0.2, 0) is 9.59 Å². The van der Waals surface area contributed by atoms with Gasteiger partial charge in [-0.05, 0) is 42.5 Å². The van der Waals surface area contributed by atoms with E-state index in [-0.39, 0.29) is 23.8 Å². The lowest BCUT2D eigenvalue weighted by Gasteiger charge is -2.11. The molecule has 0 saturated carbocycles. The number of carbonyl (C=O) groups excluding carboxylic acids is 2. The summed E-state index contributed by atoms with van der Waals surface area (Å²) in [7, 11) is 0. The fourth-order valence-corrected chi connectivity index (χ4v) is 2.06. The van der Waals surface area contributed by atoms with Crippen molar-refractivity contribution in [2.24, 2.45) is 0 Å². The third-order valence-corrected chi connectivity index (χ3v) is 3.10. The molecule has 0 atom stereocenters. The molecular formula is C17H15F4N3O3. The maximum absolute atomic E-state index is 13.8. The van der Waals surface area contributed by atoms with Gasteiger partial charge in [0.15, 0.2) is 0 Å². The molecule has 2 rings (SSSR count). The van der Waals surface area contributed by atoms with Crippen LogP contribution in [-0.4, -0.2) is 24.7 Å². The number of ether oxygens (including phenoxy) is 1. The second kappa shape index (κ2) is 8.39. The predicted octanol–water partition coefficient (Wildman–Crippen LogP) is 3.73. The second-order valence-electron chi connectivity index (χ2n) is 5.35. The van der Waals surface area contributed by atoms with Crippen LogP contribution in [0.15, 0.2) is 42.5 Å².